The van der Waals surface area contributed by atoms with E-state index in [1.807, 2.05) is 0 Å². The van der Waals surface area contributed by atoms with E-state index in [1.54, 1.807) is 0 Å². The second-order valence-electron chi connectivity index (χ2n) is 2.90. The number of rotatable bonds is 2. The first kappa shape index (κ1) is 11.1. The Bertz CT molecular complexity index is 379. The number of carbonyl (C=O) groups excluding carboxylic acids is 1. The molecule has 1 aromatic rings. The fraction of sp³-hybridized carbons (Fsp3) is 0.222. The molecule has 0 amide bonds. The highest BCUT2D eigenvalue weighted by Crippen LogP contribution is 2.19. The van der Waals surface area contributed by atoms with Crippen molar-refractivity contribution in [3.8, 4) is 0 Å². The number of carbonyl (C=O) groups is 1. The molecule has 0 aliphatic carbocycles. The first-order chi connectivity index (χ1) is 6.43. The molecule has 0 heterocycles. The average Bonchev–Trinajstić information content (AvgIpc) is 2.09. The quantitative estimate of drug-likeness (QED) is 0.612. The summed E-state index contributed by atoms with van der Waals surface area (Å²) in [5, 5.41) is -0.0344. The number of benzene rings is 1. The summed E-state index contributed by atoms with van der Waals surface area (Å²) in [4.78, 5) is 11.3. The van der Waals surface area contributed by atoms with Crippen LogP contribution in [0.15, 0.2) is 12.1 Å². The number of nitrogens with two attached hydrogens (primary N) is 1. The molecule has 5 heteroatoms. The van der Waals surface area contributed by atoms with Crippen LogP contribution in [0.5, 0.6) is 0 Å². The molecule has 0 aliphatic heterocycles. The second kappa shape index (κ2) is 4.02. The lowest BCUT2D eigenvalue weighted by Crippen LogP contribution is -2.27. The van der Waals surface area contributed by atoms with Crippen molar-refractivity contribution in [1.29, 1.82) is 0 Å². The van der Waals surface area contributed by atoms with Gasteiger partial charge in [-0.25, -0.2) is 8.78 Å². The van der Waals surface area contributed by atoms with Crippen LogP contribution in [-0.2, 0) is 0 Å². The highest BCUT2D eigenvalue weighted by Gasteiger charge is 2.19. The molecule has 1 rings (SSSR count). The minimum atomic E-state index is -1.21. The maximum atomic E-state index is 13.1. The van der Waals surface area contributed by atoms with E-state index in [0.29, 0.717) is 0 Å². The van der Waals surface area contributed by atoms with Crippen LogP contribution < -0.4 is 5.73 Å². The molecule has 1 unspecified atom stereocenters. The zero-order valence-electron chi connectivity index (χ0n) is 7.35. The van der Waals surface area contributed by atoms with Gasteiger partial charge in [0.25, 0.3) is 0 Å². The average molecular weight is 220 g/mol. The molecule has 0 spiro atoms. The zero-order valence-corrected chi connectivity index (χ0v) is 8.11. The fourth-order valence-electron chi connectivity index (χ4n) is 0.981. The van der Waals surface area contributed by atoms with Crippen molar-refractivity contribution in [3.63, 3.8) is 0 Å². The first-order valence-corrected chi connectivity index (χ1v) is 4.25. The summed E-state index contributed by atoms with van der Waals surface area (Å²) in [5.74, 6) is -3.04. The highest BCUT2D eigenvalue weighted by atomic mass is 35.5. The minimum Gasteiger partial charge on any atom is -0.321 e. The van der Waals surface area contributed by atoms with Gasteiger partial charge >= 0.3 is 0 Å². The van der Waals surface area contributed by atoms with Crippen LogP contribution >= 0.6 is 11.6 Å². The predicted octanol–water partition coefficient (Wildman–Crippen LogP) is 2.15. The number of hydrogen-bond acceptors (Lipinski definition) is 2. The normalized spacial score (nSPS) is 12.6. The summed E-state index contributed by atoms with van der Waals surface area (Å²) in [7, 11) is 0. The third-order valence-electron chi connectivity index (χ3n) is 1.67. The minimum absolute atomic E-state index is 0.0344. The van der Waals surface area contributed by atoms with Gasteiger partial charge in [-0.2, -0.15) is 0 Å². The molecule has 0 radical (unpaired) electrons. The smallest absolute Gasteiger partial charge is 0.182 e. The monoisotopic (exact) mass is 219 g/mol. The summed E-state index contributed by atoms with van der Waals surface area (Å²) >= 11 is 5.47. The second-order valence-corrected chi connectivity index (χ2v) is 3.34. The molecule has 1 atom stereocenters. The molecule has 0 aromatic heterocycles. The zero-order chi connectivity index (χ0) is 10.9. The Morgan fingerprint density at radius 1 is 1.50 bits per heavy atom. The van der Waals surface area contributed by atoms with Crippen LogP contribution in [0.2, 0.25) is 5.02 Å². The third-order valence-corrected chi connectivity index (χ3v) is 1.89. The summed E-state index contributed by atoms with van der Waals surface area (Å²) in [5.41, 5.74) is 4.84. The summed E-state index contributed by atoms with van der Waals surface area (Å²) in [6.45, 7) is 1.39. The van der Waals surface area contributed by atoms with Gasteiger partial charge in [0.05, 0.1) is 11.6 Å². The standard InChI is InChI=1S/C9H8ClF2NO/c1-4(13)9(14)6-2-5(10)3-7(11)8(6)12/h2-4H,13H2,1H3. The van der Waals surface area contributed by atoms with E-state index >= 15 is 0 Å². The summed E-state index contributed by atoms with van der Waals surface area (Å²) < 4.78 is 25.9. The lowest BCUT2D eigenvalue weighted by molar-refractivity contribution is 0.0963. The molecule has 0 saturated heterocycles. The Hall–Kier alpha value is -1.00. The van der Waals surface area contributed by atoms with E-state index < -0.39 is 29.0 Å². The van der Waals surface area contributed by atoms with Gasteiger partial charge in [0.1, 0.15) is 0 Å². The topological polar surface area (TPSA) is 43.1 Å². The molecular formula is C9H8ClF2NO. The van der Waals surface area contributed by atoms with Crippen LogP contribution in [0.4, 0.5) is 8.78 Å². The molecule has 1 aromatic carbocycles. The Balaban J connectivity index is 3.27. The van der Waals surface area contributed by atoms with Crippen LogP contribution in [0.1, 0.15) is 17.3 Å². The van der Waals surface area contributed by atoms with E-state index in [2.05, 4.69) is 0 Å². The van der Waals surface area contributed by atoms with Crippen molar-refractivity contribution in [1.82, 2.24) is 0 Å². The van der Waals surface area contributed by atoms with Crippen molar-refractivity contribution in [2.45, 2.75) is 13.0 Å². The van der Waals surface area contributed by atoms with Crippen molar-refractivity contribution < 1.29 is 13.6 Å². The maximum absolute atomic E-state index is 13.1. The van der Waals surface area contributed by atoms with Crippen molar-refractivity contribution >= 4 is 17.4 Å². The highest BCUT2D eigenvalue weighted by molar-refractivity contribution is 6.31. The van der Waals surface area contributed by atoms with E-state index in [9.17, 15) is 13.6 Å². The van der Waals surface area contributed by atoms with E-state index in [4.69, 9.17) is 17.3 Å². The molecule has 2 N–H and O–H groups in total. The number of hydrogen-bond donors (Lipinski definition) is 1. The number of halogens is 3. The van der Waals surface area contributed by atoms with Gasteiger partial charge in [-0.15, -0.1) is 0 Å². The van der Waals surface area contributed by atoms with Crippen molar-refractivity contribution in [3.05, 3.63) is 34.4 Å². The Kier molecular flexibility index (Phi) is 3.18. The lowest BCUT2D eigenvalue weighted by Gasteiger charge is -2.06. The predicted molar refractivity (Wildman–Crippen MR) is 49.3 cm³/mol. The Morgan fingerprint density at radius 3 is 2.57 bits per heavy atom. The Morgan fingerprint density at radius 2 is 2.07 bits per heavy atom. The molecule has 0 saturated carbocycles. The van der Waals surface area contributed by atoms with Gasteiger partial charge in [0.15, 0.2) is 17.4 Å². The largest absolute Gasteiger partial charge is 0.321 e. The van der Waals surface area contributed by atoms with Crippen LogP contribution in [-0.4, -0.2) is 11.8 Å². The van der Waals surface area contributed by atoms with E-state index in [-0.39, 0.29) is 5.02 Å². The molecule has 76 valence electrons. The molecular weight excluding hydrogens is 212 g/mol. The third kappa shape index (κ3) is 2.08. The van der Waals surface area contributed by atoms with E-state index in [0.717, 1.165) is 12.1 Å². The number of Topliss-reactive ketones (excluding diaryl/α,β-unsaturated/α-hetero) is 1. The van der Waals surface area contributed by atoms with Gasteiger partial charge in [0.2, 0.25) is 0 Å². The van der Waals surface area contributed by atoms with Crippen LogP contribution in [0, 0.1) is 11.6 Å². The molecule has 2 nitrogen and oxygen atoms in total. The Labute approximate surface area is 84.7 Å². The first-order valence-electron chi connectivity index (χ1n) is 3.88. The van der Waals surface area contributed by atoms with Gasteiger partial charge in [0, 0.05) is 5.02 Å². The van der Waals surface area contributed by atoms with Crippen molar-refractivity contribution in [2.24, 2.45) is 5.73 Å². The summed E-state index contributed by atoms with van der Waals surface area (Å²) in [6, 6.07) is 0.975. The van der Waals surface area contributed by atoms with Gasteiger partial charge in [-0.1, -0.05) is 11.6 Å². The molecule has 0 aliphatic rings. The molecule has 0 bridgehead atoms. The molecule has 0 fully saturated rings. The number of ketones is 1. The SMILES string of the molecule is CC(N)C(=O)c1cc(Cl)cc(F)c1F. The van der Waals surface area contributed by atoms with Gasteiger partial charge in [-0.3, -0.25) is 4.79 Å². The maximum Gasteiger partial charge on any atom is 0.182 e. The van der Waals surface area contributed by atoms with Crippen LogP contribution in [0.3, 0.4) is 0 Å². The molecule has 14 heavy (non-hydrogen) atoms. The van der Waals surface area contributed by atoms with Gasteiger partial charge < -0.3 is 5.73 Å². The summed E-state index contributed by atoms with van der Waals surface area (Å²) in [6.07, 6.45) is 0. The van der Waals surface area contributed by atoms with Crippen molar-refractivity contribution in [2.75, 3.05) is 0 Å². The van der Waals surface area contributed by atoms with E-state index in [1.165, 1.54) is 6.92 Å². The fourth-order valence-corrected chi connectivity index (χ4v) is 1.19. The van der Waals surface area contributed by atoms with Crippen LogP contribution in [0.25, 0.3) is 0 Å². The van der Waals surface area contributed by atoms with Gasteiger partial charge in [-0.05, 0) is 19.1 Å². The lowest BCUT2D eigenvalue weighted by atomic mass is 10.1.